The van der Waals surface area contributed by atoms with E-state index in [1.165, 1.54) is 6.42 Å². The van der Waals surface area contributed by atoms with Gasteiger partial charge in [-0.25, -0.2) is 8.93 Å². The molecule has 0 spiro atoms. The SMILES string of the molecule is CC1CCCNS1=O. The average Bonchev–Trinajstić information content (AvgIpc) is 1.77. The number of hydrogen-bond acceptors (Lipinski definition) is 1. The van der Waals surface area contributed by atoms with Crippen molar-refractivity contribution in [2.24, 2.45) is 0 Å². The van der Waals surface area contributed by atoms with Gasteiger partial charge in [0, 0.05) is 11.8 Å². The average molecular weight is 133 g/mol. The van der Waals surface area contributed by atoms with E-state index < -0.39 is 11.0 Å². The first-order chi connectivity index (χ1) is 3.80. The van der Waals surface area contributed by atoms with Crippen LogP contribution < -0.4 is 4.72 Å². The largest absolute Gasteiger partial charge is 0.243 e. The Labute approximate surface area is 52.3 Å². The van der Waals surface area contributed by atoms with Crippen molar-refractivity contribution in [2.45, 2.75) is 25.0 Å². The summed E-state index contributed by atoms with van der Waals surface area (Å²) in [7, 11) is -0.735. The predicted octanol–water partition coefficient (Wildman–Crippen LogP) is 0.422. The number of hydrogen-bond donors (Lipinski definition) is 1. The fraction of sp³-hybridized carbons (Fsp3) is 1.00. The molecule has 1 saturated heterocycles. The van der Waals surface area contributed by atoms with Crippen LogP contribution in [-0.4, -0.2) is 16.0 Å². The molecule has 8 heavy (non-hydrogen) atoms. The molecule has 3 heteroatoms. The minimum Gasteiger partial charge on any atom is -0.243 e. The van der Waals surface area contributed by atoms with Gasteiger partial charge in [0.1, 0.15) is 0 Å². The van der Waals surface area contributed by atoms with Crippen molar-refractivity contribution in [1.29, 1.82) is 0 Å². The Kier molecular flexibility index (Phi) is 2.02. The van der Waals surface area contributed by atoms with E-state index in [4.69, 9.17) is 0 Å². The first-order valence-electron chi connectivity index (χ1n) is 2.95. The van der Waals surface area contributed by atoms with E-state index in [2.05, 4.69) is 4.72 Å². The van der Waals surface area contributed by atoms with Crippen LogP contribution in [0.1, 0.15) is 19.8 Å². The molecular weight excluding hydrogens is 122 g/mol. The predicted molar refractivity (Wildman–Crippen MR) is 34.8 cm³/mol. The summed E-state index contributed by atoms with van der Waals surface area (Å²) >= 11 is 0. The molecule has 1 aliphatic heterocycles. The third-order valence-electron chi connectivity index (χ3n) is 1.40. The van der Waals surface area contributed by atoms with Crippen molar-refractivity contribution in [2.75, 3.05) is 6.54 Å². The third-order valence-corrected chi connectivity index (χ3v) is 2.85. The molecule has 1 fully saturated rings. The van der Waals surface area contributed by atoms with E-state index in [1.807, 2.05) is 6.92 Å². The van der Waals surface area contributed by atoms with Crippen LogP contribution in [0.15, 0.2) is 0 Å². The summed E-state index contributed by atoms with van der Waals surface area (Å²) in [4.78, 5) is 0. The van der Waals surface area contributed by atoms with Crippen molar-refractivity contribution in [3.63, 3.8) is 0 Å². The maximum absolute atomic E-state index is 10.8. The van der Waals surface area contributed by atoms with Gasteiger partial charge >= 0.3 is 0 Å². The van der Waals surface area contributed by atoms with Crippen molar-refractivity contribution in [3.05, 3.63) is 0 Å². The zero-order valence-corrected chi connectivity index (χ0v) is 5.83. The van der Waals surface area contributed by atoms with Crippen LogP contribution in [-0.2, 0) is 11.0 Å². The fourth-order valence-electron chi connectivity index (χ4n) is 0.812. The maximum Gasteiger partial charge on any atom is 0.0944 e. The van der Waals surface area contributed by atoms with Crippen molar-refractivity contribution in [1.82, 2.24) is 4.72 Å². The number of nitrogens with one attached hydrogen (secondary N) is 1. The minimum atomic E-state index is -0.735. The Balaban J connectivity index is 2.39. The normalized spacial score (nSPS) is 39.6. The second-order valence-corrected chi connectivity index (χ2v) is 3.83. The summed E-state index contributed by atoms with van der Waals surface area (Å²) in [5.74, 6) is 0. The molecule has 0 aromatic rings. The van der Waals surface area contributed by atoms with Crippen LogP contribution in [0.4, 0.5) is 0 Å². The Bertz CT molecular complexity index is 105. The lowest BCUT2D eigenvalue weighted by Gasteiger charge is -2.16. The van der Waals surface area contributed by atoms with E-state index >= 15 is 0 Å². The van der Waals surface area contributed by atoms with Gasteiger partial charge in [0.25, 0.3) is 0 Å². The van der Waals surface area contributed by atoms with Gasteiger partial charge in [-0.2, -0.15) is 0 Å². The van der Waals surface area contributed by atoms with E-state index in [9.17, 15) is 4.21 Å². The summed E-state index contributed by atoms with van der Waals surface area (Å²) in [6.45, 7) is 2.94. The van der Waals surface area contributed by atoms with Gasteiger partial charge in [0.15, 0.2) is 0 Å². The lowest BCUT2D eigenvalue weighted by molar-refractivity contribution is 0.610. The summed E-state index contributed by atoms with van der Waals surface area (Å²) in [5.41, 5.74) is 0. The molecule has 0 radical (unpaired) electrons. The van der Waals surface area contributed by atoms with Gasteiger partial charge in [-0.3, -0.25) is 0 Å². The summed E-state index contributed by atoms with van der Waals surface area (Å²) in [6.07, 6.45) is 2.28. The van der Waals surface area contributed by atoms with Crippen molar-refractivity contribution in [3.8, 4) is 0 Å². The maximum atomic E-state index is 10.8. The molecule has 1 aliphatic rings. The van der Waals surface area contributed by atoms with E-state index in [0.717, 1.165) is 13.0 Å². The molecule has 2 unspecified atom stereocenters. The summed E-state index contributed by atoms with van der Waals surface area (Å²) < 4.78 is 13.7. The van der Waals surface area contributed by atoms with Gasteiger partial charge in [-0.05, 0) is 19.8 Å². The highest BCUT2D eigenvalue weighted by Crippen LogP contribution is 2.06. The van der Waals surface area contributed by atoms with Gasteiger partial charge in [0.05, 0.1) is 11.0 Å². The first-order valence-corrected chi connectivity index (χ1v) is 4.16. The van der Waals surface area contributed by atoms with E-state index in [0.29, 0.717) is 5.25 Å². The molecule has 1 rings (SSSR count). The minimum absolute atomic E-state index is 0.365. The lowest BCUT2D eigenvalue weighted by Crippen LogP contribution is -2.32. The van der Waals surface area contributed by atoms with Crippen LogP contribution in [0.3, 0.4) is 0 Å². The molecule has 1 N–H and O–H groups in total. The Morgan fingerprint density at radius 3 is 2.88 bits per heavy atom. The fourth-order valence-corrected chi connectivity index (χ4v) is 1.82. The van der Waals surface area contributed by atoms with E-state index in [-0.39, 0.29) is 0 Å². The molecule has 0 aliphatic carbocycles. The highest BCUT2D eigenvalue weighted by Gasteiger charge is 2.14. The molecule has 0 aromatic heterocycles. The molecule has 2 atom stereocenters. The first kappa shape index (κ1) is 6.23. The van der Waals surface area contributed by atoms with Crippen molar-refractivity contribution < 1.29 is 4.21 Å². The highest BCUT2D eigenvalue weighted by atomic mass is 32.2. The second-order valence-electron chi connectivity index (χ2n) is 2.14. The summed E-state index contributed by atoms with van der Waals surface area (Å²) in [5, 5.41) is 0.365. The summed E-state index contributed by atoms with van der Waals surface area (Å²) in [6, 6.07) is 0. The molecule has 0 amide bonds. The van der Waals surface area contributed by atoms with Crippen LogP contribution in [0.5, 0.6) is 0 Å². The van der Waals surface area contributed by atoms with Gasteiger partial charge in [0.2, 0.25) is 0 Å². The Morgan fingerprint density at radius 1 is 1.75 bits per heavy atom. The molecule has 1 heterocycles. The molecule has 0 aromatic carbocycles. The van der Waals surface area contributed by atoms with Crippen LogP contribution in [0.2, 0.25) is 0 Å². The quantitative estimate of drug-likeness (QED) is 0.510. The monoisotopic (exact) mass is 133 g/mol. The third kappa shape index (κ3) is 1.29. The molecule has 2 nitrogen and oxygen atoms in total. The van der Waals surface area contributed by atoms with Gasteiger partial charge in [-0.15, -0.1) is 0 Å². The molecule has 0 saturated carbocycles. The zero-order valence-electron chi connectivity index (χ0n) is 5.02. The Morgan fingerprint density at radius 2 is 2.50 bits per heavy atom. The standard InChI is InChI=1S/C5H11NOS/c1-5-3-2-4-6-8(5)7/h5-6H,2-4H2,1H3. The van der Waals surface area contributed by atoms with Gasteiger partial charge < -0.3 is 0 Å². The number of rotatable bonds is 0. The zero-order chi connectivity index (χ0) is 5.98. The molecule has 0 bridgehead atoms. The highest BCUT2D eigenvalue weighted by molar-refractivity contribution is 7.83. The smallest absolute Gasteiger partial charge is 0.0944 e. The molecular formula is C5H11NOS. The van der Waals surface area contributed by atoms with Crippen LogP contribution >= 0.6 is 0 Å². The second kappa shape index (κ2) is 2.60. The van der Waals surface area contributed by atoms with Crippen LogP contribution in [0, 0.1) is 0 Å². The van der Waals surface area contributed by atoms with E-state index in [1.54, 1.807) is 0 Å². The Hall–Kier alpha value is 0.110. The molecule has 48 valence electrons. The lowest BCUT2D eigenvalue weighted by atomic mass is 10.2. The topological polar surface area (TPSA) is 29.1 Å². The van der Waals surface area contributed by atoms with Crippen molar-refractivity contribution >= 4 is 11.0 Å². The van der Waals surface area contributed by atoms with Crippen LogP contribution in [0.25, 0.3) is 0 Å². The van der Waals surface area contributed by atoms with Gasteiger partial charge in [-0.1, -0.05) is 0 Å².